The number of halogens is 1. The van der Waals surface area contributed by atoms with Crippen molar-refractivity contribution in [2.45, 2.75) is 43.7 Å². The van der Waals surface area contributed by atoms with Gasteiger partial charge < -0.3 is 10.0 Å². The maximum Gasteiger partial charge on any atom is 0.0734 e. The highest BCUT2D eigenvalue weighted by molar-refractivity contribution is 6.30. The second kappa shape index (κ2) is 7.90. The number of nitrogens with zero attached hydrogens (tertiary/aromatic N) is 1. The van der Waals surface area contributed by atoms with Crippen molar-refractivity contribution in [1.29, 1.82) is 0 Å². The molecule has 0 aliphatic heterocycles. The first-order valence-corrected chi connectivity index (χ1v) is 9.55. The van der Waals surface area contributed by atoms with Crippen LogP contribution in [0.5, 0.6) is 0 Å². The van der Waals surface area contributed by atoms with Crippen molar-refractivity contribution in [2.24, 2.45) is 5.92 Å². The molecule has 0 spiro atoms. The highest BCUT2D eigenvalue weighted by Gasteiger charge is 2.44. The van der Waals surface area contributed by atoms with Gasteiger partial charge in [0.2, 0.25) is 0 Å². The first kappa shape index (κ1) is 18.4. The van der Waals surface area contributed by atoms with Gasteiger partial charge >= 0.3 is 0 Å². The minimum Gasteiger partial charge on any atom is -0.389 e. The van der Waals surface area contributed by atoms with Crippen LogP contribution in [-0.2, 0) is 6.42 Å². The molecule has 0 saturated heterocycles. The van der Waals surface area contributed by atoms with E-state index in [2.05, 4.69) is 55.4 Å². The molecule has 3 unspecified atom stereocenters. The predicted octanol–water partition coefficient (Wildman–Crippen LogP) is 5.11. The molecule has 0 amide bonds. The molecule has 1 aliphatic rings. The van der Waals surface area contributed by atoms with Gasteiger partial charge in [0.25, 0.3) is 0 Å². The summed E-state index contributed by atoms with van der Waals surface area (Å²) in [5.74, 6) is 0.206. The van der Waals surface area contributed by atoms with E-state index in [1.807, 2.05) is 18.2 Å². The number of benzene rings is 2. The number of rotatable bonds is 5. The van der Waals surface area contributed by atoms with E-state index in [4.69, 9.17) is 11.6 Å². The summed E-state index contributed by atoms with van der Waals surface area (Å²) >= 11 is 6.08. The third kappa shape index (κ3) is 4.25. The maximum atomic E-state index is 11.7. The highest BCUT2D eigenvalue weighted by atomic mass is 35.5. The minimum absolute atomic E-state index is 0.186. The minimum atomic E-state index is -0.672. The zero-order valence-corrected chi connectivity index (χ0v) is 15.9. The molecular formula is C22H28ClNO. The molecule has 1 saturated carbocycles. The van der Waals surface area contributed by atoms with Gasteiger partial charge in [0.05, 0.1) is 5.60 Å². The molecule has 0 bridgehead atoms. The van der Waals surface area contributed by atoms with Crippen molar-refractivity contribution in [3.8, 4) is 0 Å². The van der Waals surface area contributed by atoms with E-state index in [-0.39, 0.29) is 12.0 Å². The molecule has 3 atom stereocenters. The Morgan fingerprint density at radius 1 is 1.08 bits per heavy atom. The van der Waals surface area contributed by atoms with Gasteiger partial charge in [-0.3, -0.25) is 0 Å². The Kier molecular flexibility index (Phi) is 5.83. The van der Waals surface area contributed by atoms with Gasteiger partial charge in [0.1, 0.15) is 0 Å². The van der Waals surface area contributed by atoms with E-state index in [1.54, 1.807) is 0 Å². The fourth-order valence-electron chi connectivity index (χ4n) is 4.42. The van der Waals surface area contributed by atoms with Crippen LogP contribution in [0.3, 0.4) is 0 Å². The van der Waals surface area contributed by atoms with Crippen molar-refractivity contribution in [1.82, 2.24) is 4.90 Å². The molecule has 134 valence electrons. The first-order chi connectivity index (χ1) is 12.0. The zero-order chi connectivity index (χ0) is 17.9. The Labute approximate surface area is 156 Å². The summed E-state index contributed by atoms with van der Waals surface area (Å²) in [7, 11) is 4.22. The Bertz CT molecular complexity index is 670. The molecule has 3 rings (SSSR count). The summed E-state index contributed by atoms with van der Waals surface area (Å²) in [6.07, 6.45) is 4.91. The van der Waals surface area contributed by atoms with Gasteiger partial charge in [-0.25, -0.2) is 0 Å². The zero-order valence-electron chi connectivity index (χ0n) is 15.2. The summed E-state index contributed by atoms with van der Waals surface area (Å²) in [4.78, 5) is 2.25. The number of aliphatic hydroxyl groups is 1. The van der Waals surface area contributed by atoms with Crippen LogP contribution in [0.25, 0.3) is 0 Å². The Hall–Kier alpha value is -1.35. The summed E-state index contributed by atoms with van der Waals surface area (Å²) in [5, 5.41) is 12.4. The smallest absolute Gasteiger partial charge is 0.0734 e. The van der Waals surface area contributed by atoms with Crippen LogP contribution in [0.2, 0.25) is 5.02 Å². The van der Waals surface area contributed by atoms with E-state index >= 15 is 0 Å². The predicted molar refractivity (Wildman–Crippen MR) is 105 cm³/mol. The molecule has 2 aromatic rings. The van der Waals surface area contributed by atoms with Crippen LogP contribution in [0.1, 0.15) is 42.9 Å². The molecular weight excluding hydrogens is 330 g/mol. The topological polar surface area (TPSA) is 23.5 Å². The molecule has 1 N–H and O–H groups in total. The van der Waals surface area contributed by atoms with Crippen molar-refractivity contribution in [2.75, 3.05) is 14.1 Å². The Morgan fingerprint density at radius 3 is 2.40 bits per heavy atom. The van der Waals surface area contributed by atoms with Gasteiger partial charge in [-0.15, -0.1) is 0 Å². The van der Waals surface area contributed by atoms with Crippen LogP contribution in [0.4, 0.5) is 0 Å². The van der Waals surface area contributed by atoms with E-state index in [1.165, 1.54) is 17.5 Å². The molecule has 2 nitrogen and oxygen atoms in total. The standard InChI is InChI=1S/C22H28ClNO/c1-24(2)21(18-11-13-19(23)14-12-18)20-10-6-7-15-22(20,25)16-17-8-4-3-5-9-17/h3-5,8-9,11-14,20-21,25H,6-7,10,15-16H2,1-2H3. The Balaban J connectivity index is 1.93. The summed E-state index contributed by atoms with van der Waals surface area (Å²) in [6, 6.07) is 18.7. The number of hydrogen-bond acceptors (Lipinski definition) is 2. The molecule has 0 aromatic heterocycles. The van der Waals surface area contributed by atoms with Crippen LogP contribution in [-0.4, -0.2) is 29.7 Å². The lowest BCUT2D eigenvalue weighted by Gasteiger charge is -2.46. The van der Waals surface area contributed by atoms with E-state index in [0.717, 1.165) is 30.7 Å². The average Bonchev–Trinajstić information content (AvgIpc) is 2.59. The van der Waals surface area contributed by atoms with Gasteiger partial charge in [-0.1, -0.05) is 66.9 Å². The second-order valence-electron chi connectivity index (χ2n) is 7.58. The largest absolute Gasteiger partial charge is 0.389 e. The lowest BCUT2D eigenvalue weighted by molar-refractivity contribution is -0.0770. The van der Waals surface area contributed by atoms with Crippen LogP contribution < -0.4 is 0 Å². The average molecular weight is 358 g/mol. The summed E-state index contributed by atoms with van der Waals surface area (Å²) in [5.41, 5.74) is 1.77. The molecule has 3 heteroatoms. The summed E-state index contributed by atoms with van der Waals surface area (Å²) < 4.78 is 0. The van der Waals surface area contributed by atoms with Crippen molar-refractivity contribution >= 4 is 11.6 Å². The molecule has 25 heavy (non-hydrogen) atoms. The monoisotopic (exact) mass is 357 g/mol. The molecule has 0 radical (unpaired) electrons. The van der Waals surface area contributed by atoms with Gasteiger partial charge in [0.15, 0.2) is 0 Å². The van der Waals surface area contributed by atoms with Crippen LogP contribution >= 0.6 is 11.6 Å². The lowest BCUT2D eigenvalue weighted by Crippen LogP contribution is -2.48. The molecule has 2 aromatic carbocycles. The number of hydrogen-bond donors (Lipinski definition) is 1. The van der Waals surface area contributed by atoms with Crippen molar-refractivity contribution in [3.05, 3.63) is 70.7 Å². The summed E-state index contributed by atoms with van der Waals surface area (Å²) in [6.45, 7) is 0. The normalized spacial score (nSPS) is 25.1. The van der Waals surface area contributed by atoms with Crippen molar-refractivity contribution in [3.63, 3.8) is 0 Å². The highest BCUT2D eigenvalue weighted by Crippen LogP contribution is 2.45. The van der Waals surface area contributed by atoms with Gasteiger partial charge in [0, 0.05) is 23.4 Å². The van der Waals surface area contributed by atoms with E-state index < -0.39 is 5.60 Å². The van der Waals surface area contributed by atoms with Crippen LogP contribution in [0.15, 0.2) is 54.6 Å². The van der Waals surface area contributed by atoms with Gasteiger partial charge in [-0.05, 0) is 50.2 Å². The van der Waals surface area contributed by atoms with Crippen LogP contribution in [0, 0.1) is 5.92 Å². The lowest BCUT2D eigenvalue weighted by atomic mass is 9.67. The SMILES string of the molecule is CN(C)C(c1ccc(Cl)cc1)C1CCCCC1(O)Cc1ccccc1. The fraction of sp³-hybridized carbons (Fsp3) is 0.455. The molecule has 0 heterocycles. The van der Waals surface area contributed by atoms with E-state index in [9.17, 15) is 5.11 Å². The molecule has 1 fully saturated rings. The third-order valence-electron chi connectivity index (χ3n) is 5.57. The van der Waals surface area contributed by atoms with E-state index in [0.29, 0.717) is 0 Å². The second-order valence-corrected chi connectivity index (χ2v) is 8.01. The van der Waals surface area contributed by atoms with Crippen molar-refractivity contribution < 1.29 is 5.11 Å². The quantitative estimate of drug-likeness (QED) is 0.804. The first-order valence-electron chi connectivity index (χ1n) is 9.18. The molecule has 1 aliphatic carbocycles. The maximum absolute atomic E-state index is 11.7. The van der Waals surface area contributed by atoms with Gasteiger partial charge in [-0.2, -0.15) is 0 Å². The third-order valence-corrected chi connectivity index (χ3v) is 5.82. The fourth-order valence-corrected chi connectivity index (χ4v) is 4.55. The Morgan fingerprint density at radius 2 is 1.76 bits per heavy atom.